The molecule has 1 aliphatic rings. The quantitative estimate of drug-likeness (QED) is 0.552. The molecule has 18 heavy (non-hydrogen) atoms. The molecule has 1 aliphatic carbocycles. The van der Waals surface area contributed by atoms with Gasteiger partial charge in [-0.3, -0.25) is 9.36 Å². The van der Waals surface area contributed by atoms with Crippen molar-refractivity contribution in [2.75, 3.05) is 13.2 Å². The maximum absolute atomic E-state index is 12.8. The molecule has 0 amide bonds. The van der Waals surface area contributed by atoms with Gasteiger partial charge in [-0.25, -0.2) is 0 Å². The van der Waals surface area contributed by atoms with E-state index in [4.69, 9.17) is 9.05 Å². The van der Waals surface area contributed by atoms with Crippen molar-refractivity contribution in [1.82, 2.24) is 0 Å². The fourth-order valence-corrected chi connectivity index (χ4v) is 7.21. The number of carbonyl (C=O) groups excluding carboxylic acids is 1. The molecule has 0 saturated carbocycles. The molecule has 0 radical (unpaired) electrons. The summed E-state index contributed by atoms with van der Waals surface area (Å²) in [4.78, 5) is 12.1. The lowest BCUT2D eigenvalue weighted by atomic mass is 10.3. The Morgan fingerprint density at radius 1 is 1.11 bits per heavy atom. The van der Waals surface area contributed by atoms with E-state index in [1.165, 1.54) is 0 Å². The highest BCUT2D eigenvalue weighted by molar-refractivity contribution is 7.60. The third-order valence-electron chi connectivity index (χ3n) is 2.93. The molecule has 0 saturated heterocycles. The van der Waals surface area contributed by atoms with Gasteiger partial charge < -0.3 is 9.05 Å². The van der Waals surface area contributed by atoms with Crippen LogP contribution in [-0.4, -0.2) is 27.1 Å². The number of rotatable bonds is 6. The number of Topliss-reactive ketones (excluding diaryl/α,β-unsaturated/α-hetero) is 1. The zero-order chi connectivity index (χ0) is 14.0. The summed E-state index contributed by atoms with van der Waals surface area (Å²) in [6.07, 6.45) is 1.16. The standard InChI is InChI=1S/C12H23O4PSi/c1-6-15-17(14,16-7-2)12-10(13)8-9-11(12)18(3,4)5/h6-9H2,1-5H3. The maximum atomic E-state index is 12.8. The van der Waals surface area contributed by atoms with Crippen molar-refractivity contribution in [3.05, 3.63) is 10.5 Å². The summed E-state index contributed by atoms with van der Waals surface area (Å²) < 4.78 is 23.4. The van der Waals surface area contributed by atoms with Crippen molar-refractivity contribution in [1.29, 1.82) is 0 Å². The molecule has 0 fully saturated rings. The SMILES string of the molecule is CCOP(=O)(OCC)C1=C([Si](C)(C)C)CCC1=O. The van der Waals surface area contributed by atoms with Crippen LogP contribution in [0.15, 0.2) is 10.5 Å². The monoisotopic (exact) mass is 290 g/mol. The highest BCUT2D eigenvalue weighted by atomic mass is 31.2. The predicted octanol–water partition coefficient (Wildman–Crippen LogP) is 3.75. The first-order chi connectivity index (χ1) is 8.26. The Labute approximate surface area is 110 Å². The summed E-state index contributed by atoms with van der Waals surface area (Å²) in [7, 11) is -5.08. The van der Waals surface area contributed by atoms with Crippen LogP contribution in [0.1, 0.15) is 26.7 Å². The highest BCUT2D eigenvalue weighted by Crippen LogP contribution is 2.60. The van der Waals surface area contributed by atoms with E-state index in [0.717, 1.165) is 5.20 Å². The van der Waals surface area contributed by atoms with E-state index in [0.29, 0.717) is 18.2 Å². The molecule has 6 heteroatoms. The minimum Gasteiger partial charge on any atom is -0.305 e. The number of allylic oxidation sites excluding steroid dienone is 2. The van der Waals surface area contributed by atoms with E-state index in [2.05, 4.69) is 19.6 Å². The van der Waals surface area contributed by atoms with Crippen molar-refractivity contribution >= 4 is 21.5 Å². The first kappa shape index (κ1) is 15.8. The summed E-state index contributed by atoms with van der Waals surface area (Å²) in [6.45, 7) is 10.6. The third-order valence-corrected chi connectivity index (χ3v) is 7.71. The largest absolute Gasteiger partial charge is 0.364 e. The second-order valence-corrected chi connectivity index (χ2v) is 12.4. The van der Waals surface area contributed by atoms with Crippen LogP contribution >= 0.6 is 7.60 Å². The second-order valence-electron chi connectivity index (χ2n) is 5.33. The fourth-order valence-electron chi connectivity index (χ4n) is 2.20. The van der Waals surface area contributed by atoms with Gasteiger partial charge in [0.05, 0.1) is 21.3 Å². The summed E-state index contributed by atoms with van der Waals surface area (Å²) in [5, 5.41) is 1.42. The van der Waals surface area contributed by atoms with Crippen LogP contribution in [-0.2, 0) is 18.4 Å². The predicted molar refractivity (Wildman–Crippen MR) is 75.5 cm³/mol. The van der Waals surface area contributed by atoms with E-state index in [1.807, 2.05) is 0 Å². The van der Waals surface area contributed by atoms with E-state index >= 15 is 0 Å². The maximum Gasteiger partial charge on any atom is 0.364 e. The summed E-state index contributed by atoms with van der Waals surface area (Å²) >= 11 is 0. The van der Waals surface area contributed by atoms with Gasteiger partial charge in [0, 0.05) is 6.42 Å². The minimum absolute atomic E-state index is 0.0577. The van der Waals surface area contributed by atoms with E-state index in [-0.39, 0.29) is 19.0 Å². The Morgan fingerprint density at radius 3 is 2.00 bits per heavy atom. The van der Waals surface area contributed by atoms with Gasteiger partial charge in [0.15, 0.2) is 5.78 Å². The van der Waals surface area contributed by atoms with Gasteiger partial charge in [-0.15, -0.1) is 0 Å². The van der Waals surface area contributed by atoms with E-state index < -0.39 is 15.7 Å². The topological polar surface area (TPSA) is 52.6 Å². The van der Waals surface area contributed by atoms with Crippen LogP contribution < -0.4 is 0 Å². The number of hydrogen-bond donors (Lipinski definition) is 0. The Balaban J connectivity index is 3.30. The average molecular weight is 290 g/mol. The second kappa shape index (κ2) is 5.82. The smallest absolute Gasteiger partial charge is 0.305 e. The highest BCUT2D eigenvalue weighted by Gasteiger charge is 2.43. The molecule has 104 valence electrons. The lowest BCUT2D eigenvalue weighted by molar-refractivity contribution is -0.114. The first-order valence-electron chi connectivity index (χ1n) is 6.42. The molecule has 1 rings (SSSR count). The van der Waals surface area contributed by atoms with Crippen LogP contribution in [0.2, 0.25) is 19.6 Å². The van der Waals surface area contributed by atoms with Gasteiger partial charge >= 0.3 is 7.60 Å². The van der Waals surface area contributed by atoms with Gasteiger partial charge in [-0.05, 0) is 20.3 Å². The molecule has 0 N–H and O–H groups in total. The van der Waals surface area contributed by atoms with Crippen LogP contribution in [0.25, 0.3) is 0 Å². The molecular formula is C12H23O4PSi. The van der Waals surface area contributed by atoms with Gasteiger partial charge in [0.2, 0.25) is 0 Å². The molecule has 0 aromatic heterocycles. The van der Waals surface area contributed by atoms with Crippen LogP contribution in [0, 0.1) is 0 Å². The molecule has 0 aliphatic heterocycles. The van der Waals surface area contributed by atoms with Gasteiger partial charge in [-0.1, -0.05) is 24.8 Å². The Hall–Kier alpha value is -0.223. The van der Waals surface area contributed by atoms with Gasteiger partial charge in [0.25, 0.3) is 0 Å². The van der Waals surface area contributed by atoms with Crippen LogP contribution in [0.5, 0.6) is 0 Å². The molecular weight excluding hydrogens is 267 g/mol. The molecule has 4 nitrogen and oxygen atoms in total. The fraction of sp³-hybridized carbons (Fsp3) is 0.750. The number of hydrogen-bond acceptors (Lipinski definition) is 4. The normalized spacial score (nSPS) is 17.7. The molecule has 0 aromatic carbocycles. The lowest BCUT2D eigenvalue weighted by Gasteiger charge is -2.24. The molecule has 0 heterocycles. The number of ketones is 1. The Morgan fingerprint density at radius 2 is 1.61 bits per heavy atom. The Bertz CT molecular complexity index is 399. The average Bonchev–Trinajstić information content (AvgIpc) is 2.61. The summed E-state index contributed by atoms with van der Waals surface area (Å²) in [5.74, 6) is -0.0577. The number of carbonyl (C=O) groups is 1. The van der Waals surface area contributed by atoms with Crippen molar-refractivity contribution in [2.24, 2.45) is 0 Å². The van der Waals surface area contributed by atoms with E-state index in [9.17, 15) is 9.36 Å². The zero-order valence-electron chi connectivity index (χ0n) is 11.9. The molecule has 0 aromatic rings. The van der Waals surface area contributed by atoms with Crippen LogP contribution in [0.4, 0.5) is 0 Å². The Kier molecular flexibility index (Phi) is 5.12. The van der Waals surface area contributed by atoms with Gasteiger partial charge in [-0.2, -0.15) is 0 Å². The minimum atomic E-state index is -3.41. The van der Waals surface area contributed by atoms with E-state index in [1.54, 1.807) is 13.8 Å². The zero-order valence-corrected chi connectivity index (χ0v) is 13.8. The van der Waals surface area contributed by atoms with Crippen molar-refractivity contribution in [3.8, 4) is 0 Å². The lowest BCUT2D eigenvalue weighted by Crippen LogP contribution is -2.24. The summed E-state index contributed by atoms with van der Waals surface area (Å²) in [6, 6.07) is 0. The molecule has 0 bridgehead atoms. The van der Waals surface area contributed by atoms with Crippen molar-refractivity contribution in [3.63, 3.8) is 0 Å². The molecule has 0 atom stereocenters. The molecule has 0 spiro atoms. The van der Waals surface area contributed by atoms with Crippen molar-refractivity contribution < 1.29 is 18.4 Å². The molecule has 0 unspecified atom stereocenters. The first-order valence-corrected chi connectivity index (χ1v) is 11.5. The van der Waals surface area contributed by atoms with Crippen molar-refractivity contribution in [2.45, 2.75) is 46.3 Å². The van der Waals surface area contributed by atoms with Crippen LogP contribution in [0.3, 0.4) is 0 Å². The third kappa shape index (κ3) is 3.21. The van der Waals surface area contributed by atoms with Gasteiger partial charge in [0.1, 0.15) is 5.31 Å². The summed E-state index contributed by atoms with van der Waals surface area (Å²) in [5.41, 5.74) is 0.